The molecule has 18 heavy (non-hydrogen) atoms. The van der Waals surface area contributed by atoms with Crippen LogP contribution in [0.5, 0.6) is 0 Å². The van der Waals surface area contributed by atoms with E-state index in [1.165, 1.54) is 6.07 Å². The van der Waals surface area contributed by atoms with Crippen LogP contribution in [0.4, 0.5) is 11.5 Å². The molecule has 0 aliphatic carbocycles. The summed E-state index contributed by atoms with van der Waals surface area (Å²) in [6.07, 6.45) is 3.21. The average Bonchev–Trinajstić information content (AvgIpc) is 2.36. The van der Waals surface area contributed by atoms with Crippen LogP contribution in [0.15, 0.2) is 12.3 Å². The molecule has 0 aliphatic rings. The molecule has 0 unspecified atom stereocenters. The Morgan fingerprint density at radius 3 is 2.61 bits per heavy atom. The minimum Gasteiger partial charge on any atom is -0.362 e. The summed E-state index contributed by atoms with van der Waals surface area (Å²) in [7, 11) is 0. The number of rotatable bonds is 6. The molecule has 0 spiro atoms. The van der Waals surface area contributed by atoms with Gasteiger partial charge in [-0.3, -0.25) is 10.1 Å². The van der Waals surface area contributed by atoms with Gasteiger partial charge in [0.25, 0.3) is 0 Å². The van der Waals surface area contributed by atoms with Crippen LogP contribution in [0.2, 0.25) is 0 Å². The van der Waals surface area contributed by atoms with Crippen molar-refractivity contribution in [1.29, 1.82) is 0 Å². The van der Waals surface area contributed by atoms with Crippen molar-refractivity contribution in [2.24, 2.45) is 5.73 Å². The third kappa shape index (κ3) is 3.40. The Bertz CT molecular complexity index is 430. The van der Waals surface area contributed by atoms with Gasteiger partial charge >= 0.3 is 5.69 Å². The molecular weight excluding hydrogens is 232 g/mol. The summed E-state index contributed by atoms with van der Waals surface area (Å²) >= 11 is 0. The van der Waals surface area contributed by atoms with E-state index in [0.717, 1.165) is 18.4 Å². The van der Waals surface area contributed by atoms with Gasteiger partial charge in [-0.1, -0.05) is 13.8 Å². The number of hydrogen-bond donors (Lipinski definition) is 2. The smallest absolute Gasteiger partial charge is 0.311 e. The molecular formula is C12H20N4O2. The highest BCUT2D eigenvalue weighted by molar-refractivity contribution is 5.56. The standard InChI is InChI=1S/C12H20N4O2/c1-4-12(13,5-2)8-15-11-10(16(17)18)6-9(3)7-14-11/h6-7H,4-5,8,13H2,1-3H3,(H,14,15). The molecule has 1 rings (SSSR count). The fourth-order valence-electron chi connectivity index (χ4n) is 1.59. The van der Waals surface area contributed by atoms with Gasteiger partial charge in [-0.15, -0.1) is 0 Å². The first-order chi connectivity index (χ1) is 8.41. The van der Waals surface area contributed by atoms with Crippen molar-refractivity contribution in [1.82, 2.24) is 4.98 Å². The van der Waals surface area contributed by atoms with E-state index in [0.29, 0.717) is 6.54 Å². The molecule has 100 valence electrons. The van der Waals surface area contributed by atoms with E-state index >= 15 is 0 Å². The second-order valence-corrected chi connectivity index (χ2v) is 4.56. The summed E-state index contributed by atoms with van der Waals surface area (Å²) < 4.78 is 0. The lowest BCUT2D eigenvalue weighted by atomic mass is 9.94. The molecule has 0 atom stereocenters. The van der Waals surface area contributed by atoms with Crippen molar-refractivity contribution >= 4 is 11.5 Å². The number of nitro groups is 1. The van der Waals surface area contributed by atoms with Crippen molar-refractivity contribution in [3.8, 4) is 0 Å². The lowest BCUT2D eigenvalue weighted by molar-refractivity contribution is -0.384. The zero-order valence-corrected chi connectivity index (χ0v) is 11.1. The third-order valence-electron chi connectivity index (χ3n) is 3.22. The first kappa shape index (κ1) is 14.4. The van der Waals surface area contributed by atoms with Crippen LogP contribution in [0.3, 0.4) is 0 Å². The van der Waals surface area contributed by atoms with Crippen LogP contribution in [-0.2, 0) is 0 Å². The molecule has 0 saturated carbocycles. The fraction of sp³-hybridized carbons (Fsp3) is 0.583. The van der Waals surface area contributed by atoms with Gasteiger partial charge in [0.15, 0.2) is 0 Å². The zero-order chi connectivity index (χ0) is 13.8. The van der Waals surface area contributed by atoms with Gasteiger partial charge in [0, 0.05) is 24.3 Å². The Hall–Kier alpha value is -1.69. The molecule has 1 aromatic heterocycles. The van der Waals surface area contributed by atoms with Crippen LogP contribution in [0.25, 0.3) is 0 Å². The molecule has 0 aromatic carbocycles. The SMILES string of the molecule is CCC(N)(CC)CNc1ncc(C)cc1[N+](=O)[O-]. The van der Waals surface area contributed by atoms with Crippen molar-refractivity contribution in [3.63, 3.8) is 0 Å². The molecule has 0 aliphatic heterocycles. The van der Waals surface area contributed by atoms with Crippen LogP contribution in [-0.4, -0.2) is 22.0 Å². The minimum atomic E-state index is -0.432. The highest BCUT2D eigenvalue weighted by Crippen LogP contribution is 2.23. The van der Waals surface area contributed by atoms with Gasteiger partial charge < -0.3 is 11.1 Å². The highest BCUT2D eigenvalue weighted by atomic mass is 16.6. The highest BCUT2D eigenvalue weighted by Gasteiger charge is 2.22. The molecule has 0 amide bonds. The number of hydrogen-bond acceptors (Lipinski definition) is 5. The van der Waals surface area contributed by atoms with Crippen molar-refractivity contribution < 1.29 is 4.92 Å². The van der Waals surface area contributed by atoms with Crippen molar-refractivity contribution in [2.75, 3.05) is 11.9 Å². The van der Waals surface area contributed by atoms with E-state index in [4.69, 9.17) is 5.73 Å². The Balaban J connectivity index is 2.88. The fourth-order valence-corrected chi connectivity index (χ4v) is 1.59. The number of aromatic nitrogens is 1. The minimum absolute atomic E-state index is 0.00967. The van der Waals surface area contributed by atoms with E-state index in [9.17, 15) is 10.1 Å². The first-order valence-electron chi connectivity index (χ1n) is 6.05. The number of anilines is 1. The van der Waals surface area contributed by atoms with Crippen LogP contribution in [0.1, 0.15) is 32.3 Å². The predicted molar refractivity (Wildman–Crippen MR) is 71.6 cm³/mol. The molecule has 0 bridgehead atoms. The molecule has 0 fully saturated rings. The Morgan fingerprint density at radius 1 is 1.50 bits per heavy atom. The summed E-state index contributed by atoms with van der Waals surface area (Å²) in [6.45, 7) is 6.25. The zero-order valence-electron chi connectivity index (χ0n) is 11.1. The maximum atomic E-state index is 10.9. The maximum Gasteiger partial charge on any atom is 0.311 e. The second kappa shape index (κ2) is 5.77. The molecule has 0 saturated heterocycles. The molecule has 6 heteroatoms. The number of nitrogens with zero attached hydrogens (tertiary/aromatic N) is 2. The summed E-state index contributed by atoms with van der Waals surface area (Å²) in [5, 5.41) is 13.9. The Labute approximate surface area is 107 Å². The first-order valence-corrected chi connectivity index (χ1v) is 6.05. The Morgan fingerprint density at radius 2 is 2.11 bits per heavy atom. The molecule has 6 nitrogen and oxygen atoms in total. The van der Waals surface area contributed by atoms with E-state index < -0.39 is 4.92 Å². The summed E-state index contributed by atoms with van der Waals surface area (Å²) in [5.74, 6) is 0.280. The van der Waals surface area contributed by atoms with Gasteiger partial charge in [0.1, 0.15) is 0 Å². The largest absolute Gasteiger partial charge is 0.362 e. The van der Waals surface area contributed by atoms with E-state index in [1.807, 2.05) is 13.8 Å². The maximum absolute atomic E-state index is 10.9. The second-order valence-electron chi connectivity index (χ2n) is 4.56. The predicted octanol–water partition coefficient (Wildman–Crippen LogP) is 2.23. The lowest BCUT2D eigenvalue weighted by Gasteiger charge is -2.26. The summed E-state index contributed by atoms with van der Waals surface area (Å²) in [6, 6.07) is 1.51. The van der Waals surface area contributed by atoms with Gasteiger partial charge in [-0.2, -0.15) is 0 Å². The van der Waals surface area contributed by atoms with Crippen LogP contribution in [0, 0.1) is 17.0 Å². The quantitative estimate of drug-likeness (QED) is 0.598. The van der Waals surface area contributed by atoms with Crippen molar-refractivity contribution in [2.45, 2.75) is 39.2 Å². The molecule has 3 N–H and O–H groups in total. The molecule has 1 aromatic rings. The van der Waals surface area contributed by atoms with Crippen LogP contribution < -0.4 is 11.1 Å². The summed E-state index contributed by atoms with van der Waals surface area (Å²) in [5.41, 5.74) is 6.53. The van der Waals surface area contributed by atoms with E-state index in [1.54, 1.807) is 13.1 Å². The number of pyridine rings is 1. The monoisotopic (exact) mass is 252 g/mol. The van der Waals surface area contributed by atoms with Crippen molar-refractivity contribution in [3.05, 3.63) is 27.9 Å². The lowest BCUT2D eigenvalue weighted by Crippen LogP contribution is -2.45. The van der Waals surface area contributed by atoms with Crippen LogP contribution >= 0.6 is 0 Å². The van der Waals surface area contributed by atoms with Gasteiger partial charge in [-0.25, -0.2) is 4.98 Å². The van der Waals surface area contributed by atoms with Gasteiger partial charge in [0.05, 0.1) is 4.92 Å². The van der Waals surface area contributed by atoms with Gasteiger partial charge in [0.2, 0.25) is 5.82 Å². The number of aryl methyl sites for hydroxylation is 1. The van der Waals surface area contributed by atoms with E-state index in [-0.39, 0.29) is 17.0 Å². The normalized spacial score (nSPS) is 11.3. The molecule has 0 radical (unpaired) electrons. The number of nitrogens with one attached hydrogen (secondary N) is 1. The average molecular weight is 252 g/mol. The van der Waals surface area contributed by atoms with Gasteiger partial charge in [-0.05, 0) is 25.3 Å². The number of nitrogens with two attached hydrogens (primary N) is 1. The van der Waals surface area contributed by atoms with E-state index in [2.05, 4.69) is 10.3 Å². The topological polar surface area (TPSA) is 94.1 Å². The third-order valence-corrected chi connectivity index (χ3v) is 3.22. The summed E-state index contributed by atoms with van der Waals surface area (Å²) in [4.78, 5) is 14.6. The molecule has 1 heterocycles. The Kier molecular flexibility index (Phi) is 4.61.